The normalized spacial score (nSPS) is 20.7. The van der Waals surface area contributed by atoms with Crippen LogP contribution in [0.2, 0.25) is 0 Å². The van der Waals surface area contributed by atoms with Gasteiger partial charge in [-0.15, -0.1) is 24.0 Å². The maximum atomic E-state index is 5.89. The van der Waals surface area contributed by atoms with Crippen LogP contribution in [0.4, 0.5) is 0 Å². The van der Waals surface area contributed by atoms with Gasteiger partial charge in [-0.25, -0.2) is 0 Å². The Morgan fingerprint density at radius 2 is 1.78 bits per heavy atom. The highest BCUT2D eigenvalue weighted by atomic mass is 127. The molecule has 0 aromatic heterocycles. The highest BCUT2D eigenvalue weighted by Crippen LogP contribution is 2.17. The van der Waals surface area contributed by atoms with Crippen LogP contribution in [0.3, 0.4) is 0 Å². The molecule has 1 aliphatic heterocycles. The van der Waals surface area contributed by atoms with Crippen LogP contribution in [0.25, 0.3) is 0 Å². The number of morpholine rings is 1. The second-order valence-corrected chi connectivity index (χ2v) is 8.86. The van der Waals surface area contributed by atoms with Gasteiger partial charge in [-0.1, -0.05) is 38.1 Å². The number of benzene rings is 1. The lowest BCUT2D eigenvalue weighted by Gasteiger charge is -2.35. The SMILES string of the molecule is CCN(CC)CCCC(C)NC(=NC)NCc1ccccc1CN1CC(C)OC(C)C1.I. The third-order valence-electron chi connectivity index (χ3n) is 6.07. The summed E-state index contributed by atoms with van der Waals surface area (Å²) in [4.78, 5) is 9.42. The maximum Gasteiger partial charge on any atom is 0.191 e. The fourth-order valence-corrected chi connectivity index (χ4v) is 4.38. The van der Waals surface area contributed by atoms with E-state index in [4.69, 9.17) is 4.74 Å². The average Bonchev–Trinajstić information content (AvgIpc) is 2.74. The van der Waals surface area contributed by atoms with Gasteiger partial charge >= 0.3 is 0 Å². The van der Waals surface area contributed by atoms with Crippen molar-refractivity contribution in [3.8, 4) is 0 Å². The van der Waals surface area contributed by atoms with E-state index >= 15 is 0 Å². The summed E-state index contributed by atoms with van der Waals surface area (Å²) < 4.78 is 5.89. The molecule has 1 fully saturated rings. The molecule has 1 aliphatic rings. The van der Waals surface area contributed by atoms with Crippen molar-refractivity contribution < 1.29 is 4.74 Å². The molecule has 2 N–H and O–H groups in total. The summed E-state index contributed by atoms with van der Waals surface area (Å²) in [6.07, 6.45) is 2.92. The Hall–Kier alpha value is -0.900. The molecule has 184 valence electrons. The van der Waals surface area contributed by atoms with Crippen molar-refractivity contribution in [2.24, 2.45) is 4.99 Å². The first-order chi connectivity index (χ1) is 14.9. The number of halogens is 1. The smallest absolute Gasteiger partial charge is 0.191 e. The Kier molecular flexibility index (Phi) is 14.4. The van der Waals surface area contributed by atoms with E-state index in [9.17, 15) is 0 Å². The van der Waals surface area contributed by atoms with Gasteiger partial charge in [-0.2, -0.15) is 0 Å². The molecule has 0 aliphatic carbocycles. The predicted octanol–water partition coefficient (Wildman–Crippen LogP) is 4.09. The fraction of sp³-hybridized carbons (Fsp3) is 0.720. The van der Waals surface area contributed by atoms with Gasteiger partial charge in [-0.05, 0) is 64.4 Å². The van der Waals surface area contributed by atoms with E-state index in [2.05, 4.69) is 84.3 Å². The van der Waals surface area contributed by atoms with Crippen LogP contribution in [0.1, 0.15) is 58.6 Å². The Bertz CT molecular complexity index is 657. The van der Waals surface area contributed by atoms with Gasteiger partial charge in [0.25, 0.3) is 0 Å². The molecule has 3 unspecified atom stereocenters. The Labute approximate surface area is 213 Å². The monoisotopic (exact) mass is 559 g/mol. The summed E-state index contributed by atoms with van der Waals surface area (Å²) in [6, 6.07) is 9.12. The van der Waals surface area contributed by atoms with E-state index in [1.54, 1.807) is 0 Å². The van der Waals surface area contributed by atoms with Gasteiger partial charge in [0, 0.05) is 39.3 Å². The molecule has 32 heavy (non-hydrogen) atoms. The van der Waals surface area contributed by atoms with E-state index in [0.717, 1.165) is 58.2 Å². The summed E-state index contributed by atoms with van der Waals surface area (Å²) in [6.45, 7) is 18.2. The molecular weight excluding hydrogens is 513 g/mol. The first-order valence-corrected chi connectivity index (χ1v) is 12.1. The molecule has 1 aromatic carbocycles. The Morgan fingerprint density at radius 3 is 2.38 bits per heavy atom. The van der Waals surface area contributed by atoms with Crippen LogP contribution in [-0.4, -0.2) is 73.8 Å². The molecule has 6 nitrogen and oxygen atoms in total. The zero-order valence-corrected chi connectivity index (χ0v) is 23.4. The van der Waals surface area contributed by atoms with Crippen molar-refractivity contribution in [1.82, 2.24) is 20.4 Å². The average molecular weight is 560 g/mol. The van der Waals surface area contributed by atoms with Crippen LogP contribution in [0.15, 0.2) is 29.3 Å². The summed E-state index contributed by atoms with van der Waals surface area (Å²) in [5, 5.41) is 7.07. The van der Waals surface area contributed by atoms with Crippen molar-refractivity contribution in [2.75, 3.05) is 39.8 Å². The minimum absolute atomic E-state index is 0. The number of nitrogens with one attached hydrogen (secondary N) is 2. The van der Waals surface area contributed by atoms with Gasteiger partial charge in [0.1, 0.15) is 0 Å². The van der Waals surface area contributed by atoms with Crippen LogP contribution in [-0.2, 0) is 17.8 Å². The zero-order valence-electron chi connectivity index (χ0n) is 21.1. The van der Waals surface area contributed by atoms with E-state index in [1.165, 1.54) is 17.5 Å². The maximum absolute atomic E-state index is 5.89. The van der Waals surface area contributed by atoms with Gasteiger partial charge in [0.2, 0.25) is 0 Å². The molecule has 1 aromatic rings. The predicted molar refractivity (Wildman–Crippen MR) is 147 cm³/mol. The molecule has 0 radical (unpaired) electrons. The fourth-order valence-electron chi connectivity index (χ4n) is 4.38. The summed E-state index contributed by atoms with van der Waals surface area (Å²) in [5.41, 5.74) is 2.70. The van der Waals surface area contributed by atoms with Gasteiger partial charge in [0.05, 0.1) is 12.2 Å². The van der Waals surface area contributed by atoms with E-state index in [0.29, 0.717) is 18.2 Å². The van der Waals surface area contributed by atoms with Crippen LogP contribution >= 0.6 is 24.0 Å². The van der Waals surface area contributed by atoms with Crippen molar-refractivity contribution in [3.05, 3.63) is 35.4 Å². The first kappa shape index (κ1) is 29.1. The standard InChI is InChI=1S/C25H45N5O.HI/c1-7-29(8-2)15-11-12-20(3)28-25(26-6)27-16-23-13-9-10-14-24(23)19-30-17-21(4)31-22(5)18-30;/h9-10,13-14,20-22H,7-8,11-12,15-19H2,1-6H3,(H2,26,27,28);1H. The van der Waals surface area contributed by atoms with Crippen molar-refractivity contribution in [2.45, 2.75) is 78.8 Å². The lowest BCUT2D eigenvalue weighted by atomic mass is 10.1. The van der Waals surface area contributed by atoms with Crippen molar-refractivity contribution in [1.29, 1.82) is 0 Å². The van der Waals surface area contributed by atoms with Crippen LogP contribution in [0, 0.1) is 0 Å². The van der Waals surface area contributed by atoms with Gasteiger partial charge in [0.15, 0.2) is 5.96 Å². The first-order valence-electron chi connectivity index (χ1n) is 12.1. The molecular formula is C25H46IN5O. The molecule has 1 heterocycles. The summed E-state index contributed by atoms with van der Waals surface area (Å²) in [5.74, 6) is 0.874. The van der Waals surface area contributed by atoms with Crippen LogP contribution < -0.4 is 10.6 Å². The number of rotatable bonds is 11. The molecule has 2 rings (SSSR count). The number of ether oxygens (including phenoxy) is 1. The molecule has 0 bridgehead atoms. The number of hydrogen-bond acceptors (Lipinski definition) is 4. The highest BCUT2D eigenvalue weighted by molar-refractivity contribution is 14.0. The van der Waals surface area contributed by atoms with Crippen molar-refractivity contribution >= 4 is 29.9 Å². The molecule has 7 heteroatoms. The highest BCUT2D eigenvalue weighted by Gasteiger charge is 2.22. The number of guanidine groups is 1. The quantitative estimate of drug-likeness (QED) is 0.243. The lowest BCUT2D eigenvalue weighted by molar-refractivity contribution is -0.0705. The second-order valence-electron chi connectivity index (χ2n) is 8.86. The number of aliphatic imine (C=N–C) groups is 1. The summed E-state index contributed by atoms with van der Waals surface area (Å²) in [7, 11) is 1.85. The number of hydrogen-bond donors (Lipinski definition) is 2. The molecule has 1 saturated heterocycles. The number of nitrogens with zero attached hydrogens (tertiary/aromatic N) is 3. The molecule has 0 saturated carbocycles. The molecule has 0 spiro atoms. The lowest BCUT2D eigenvalue weighted by Crippen LogP contribution is -2.45. The van der Waals surface area contributed by atoms with Crippen LogP contribution in [0.5, 0.6) is 0 Å². The summed E-state index contributed by atoms with van der Waals surface area (Å²) >= 11 is 0. The minimum Gasteiger partial charge on any atom is -0.373 e. The molecule has 3 atom stereocenters. The zero-order chi connectivity index (χ0) is 22.6. The minimum atomic E-state index is 0. The third-order valence-corrected chi connectivity index (χ3v) is 6.07. The second kappa shape index (κ2) is 15.9. The topological polar surface area (TPSA) is 52.1 Å². The van der Waals surface area contributed by atoms with E-state index < -0.39 is 0 Å². The van der Waals surface area contributed by atoms with Gasteiger partial charge in [-0.3, -0.25) is 9.89 Å². The van der Waals surface area contributed by atoms with Gasteiger partial charge < -0.3 is 20.3 Å². The Balaban J connectivity index is 0.00000512. The Morgan fingerprint density at radius 1 is 1.16 bits per heavy atom. The van der Waals surface area contributed by atoms with E-state index in [-0.39, 0.29) is 24.0 Å². The molecule has 0 amide bonds. The third kappa shape index (κ3) is 10.4. The van der Waals surface area contributed by atoms with E-state index in [1.807, 2.05) is 7.05 Å². The largest absolute Gasteiger partial charge is 0.373 e. The van der Waals surface area contributed by atoms with Crippen molar-refractivity contribution in [3.63, 3.8) is 0 Å².